The molecule has 0 radical (unpaired) electrons. The molecule has 0 saturated heterocycles. The van der Waals surface area contributed by atoms with Crippen LogP contribution in [-0.4, -0.2) is 35.2 Å². The number of halogens is 4. The van der Waals surface area contributed by atoms with Gasteiger partial charge in [-0.05, 0) is 52.8 Å². The fourth-order valence-corrected chi connectivity index (χ4v) is 4.89. The molecule has 0 aliphatic heterocycles. The first-order valence-corrected chi connectivity index (χ1v) is 11.1. The van der Waals surface area contributed by atoms with Crippen LogP contribution >= 0.6 is 11.6 Å². The van der Waals surface area contributed by atoms with Gasteiger partial charge in [-0.15, -0.1) is 0 Å². The van der Waals surface area contributed by atoms with E-state index < -0.39 is 40.9 Å². The summed E-state index contributed by atoms with van der Waals surface area (Å²) in [6, 6.07) is 16.1. The number of ether oxygens (including phenoxy) is 1. The lowest BCUT2D eigenvalue weighted by Crippen LogP contribution is -2.47. The number of rotatable bonds is 6. The Morgan fingerprint density at radius 3 is 2.09 bits per heavy atom. The van der Waals surface area contributed by atoms with E-state index in [1.54, 1.807) is 0 Å². The topological polar surface area (TPSA) is 66.8 Å². The first kappa shape index (κ1) is 24.6. The molecular formula is C26H21ClF3NO4. The number of hydrogen-bond donors (Lipinski definition) is 1. The predicted octanol–water partition coefficient (Wildman–Crippen LogP) is 6.58. The van der Waals surface area contributed by atoms with Crippen molar-refractivity contribution in [3.8, 4) is 11.1 Å². The number of carboxylic acids is 1. The second kappa shape index (κ2) is 9.62. The van der Waals surface area contributed by atoms with E-state index in [-0.39, 0.29) is 12.8 Å². The van der Waals surface area contributed by atoms with Crippen molar-refractivity contribution >= 4 is 23.7 Å². The van der Waals surface area contributed by atoms with Crippen molar-refractivity contribution in [2.45, 2.75) is 31.1 Å². The SMILES string of the molecule is COC(=O)N(C1c2ccccc2-c2ccccc21)[C@@H](CCc1ccc(C(F)(F)F)c(Cl)c1)C(=O)O. The van der Waals surface area contributed by atoms with E-state index in [0.717, 1.165) is 28.3 Å². The van der Waals surface area contributed by atoms with Gasteiger partial charge in [-0.25, -0.2) is 9.59 Å². The number of methoxy groups -OCH3 is 1. The molecule has 5 nitrogen and oxygen atoms in total. The number of carbonyl (C=O) groups excluding carboxylic acids is 1. The third kappa shape index (κ3) is 4.71. The van der Waals surface area contributed by atoms with Gasteiger partial charge in [0.1, 0.15) is 6.04 Å². The van der Waals surface area contributed by atoms with E-state index in [1.807, 2.05) is 48.5 Å². The van der Waals surface area contributed by atoms with Gasteiger partial charge in [0, 0.05) is 0 Å². The molecule has 35 heavy (non-hydrogen) atoms. The Bertz CT molecular complexity index is 1230. The standard InChI is InChI=1S/C26H21ClF3NO4/c1-35-25(34)31(23-18-8-4-2-6-16(18)17-7-3-5-9-19(17)23)22(24(32)33)13-11-15-10-12-20(21(27)14-15)26(28,29)30/h2-10,12,14,22-23H,11,13H2,1H3,(H,32,33)/t22-/m0/s1. The van der Waals surface area contributed by atoms with Gasteiger partial charge < -0.3 is 9.84 Å². The molecule has 1 amide bonds. The van der Waals surface area contributed by atoms with Gasteiger partial charge in [0.15, 0.2) is 0 Å². The molecule has 182 valence electrons. The minimum absolute atomic E-state index is 0.0625. The fraction of sp³-hybridized carbons (Fsp3) is 0.231. The van der Waals surface area contributed by atoms with Crippen LogP contribution in [0, 0.1) is 0 Å². The highest BCUT2D eigenvalue weighted by molar-refractivity contribution is 6.31. The zero-order valence-electron chi connectivity index (χ0n) is 18.6. The summed E-state index contributed by atoms with van der Waals surface area (Å²) in [4.78, 5) is 26.6. The highest BCUT2D eigenvalue weighted by atomic mass is 35.5. The molecule has 1 N–H and O–H groups in total. The summed E-state index contributed by atoms with van der Waals surface area (Å²) in [7, 11) is 1.18. The fourth-order valence-electron chi connectivity index (χ4n) is 4.58. The molecule has 1 aliphatic carbocycles. The third-order valence-electron chi connectivity index (χ3n) is 6.13. The molecule has 0 spiro atoms. The summed E-state index contributed by atoms with van der Waals surface area (Å²) in [5.74, 6) is -1.25. The van der Waals surface area contributed by atoms with Crippen molar-refractivity contribution in [2.24, 2.45) is 0 Å². The third-order valence-corrected chi connectivity index (χ3v) is 6.44. The Morgan fingerprint density at radius 1 is 1.03 bits per heavy atom. The molecular weight excluding hydrogens is 483 g/mol. The zero-order valence-corrected chi connectivity index (χ0v) is 19.3. The number of benzene rings is 3. The largest absolute Gasteiger partial charge is 0.480 e. The first-order valence-electron chi connectivity index (χ1n) is 10.8. The maximum Gasteiger partial charge on any atom is 0.417 e. The average molecular weight is 504 g/mol. The Labute approximate surface area is 204 Å². The smallest absolute Gasteiger partial charge is 0.417 e. The van der Waals surface area contributed by atoms with E-state index in [4.69, 9.17) is 16.3 Å². The summed E-state index contributed by atoms with van der Waals surface area (Å²) in [6.07, 6.45) is -5.39. The van der Waals surface area contributed by atoms with Gasteiger partial charge in [0.05, 0.1) is 23.7 Å². The second-order valence-electron chi connectivity index (χ2n) is 8.16. The molecule has 0 unspecified atom stereocenters. The van der Waals surface area contributed by atoms with Crippen molar-refractivity contribution < 1.29 is 32.6 Å². The molecule has 3 aromatic rings. The number of nitrogens with zero attached hydrogens (tertiary/aromatic N) is 1. The van der Waals surface area contributed by atoms with E-state index in [0.29, 0.717) is 5.56 Å². The molecule has 0 heterocycles. The summed E-state index contributed by atoms with van der Waals surface area (Å²) < 4.78 is 44.1. The van der Waals surface area contributed by atoms with Crippen LogP contribution in [0.3, 0.4) is 0 Å². The molecule has 4 rings (SSSR count). The molecule has 9 heteroatoms. The van der Waals surface area contributed by atoms with E-state index >= 15 is 0 Å². The van der Waals surface area contributed by atoms with Gasteiger partial charge in [-0.1, -0.05) is 66.2 Å². The van der Waals surface area contributed by atoms with Gasteiger partial charge in [0.2, 0.25) is 0 Å². The van der Waals surface area contributed by atoms with Crippen LogP contribution in [0.25, 0.3) is 11.1 Å². The highest BCUT2D eigenvalue weighted by Crippen LogP contribution is 2.47. The first-order chi connectivity index (χ1) is 16.6. The van der Waals surface area contributed by atoms with Crippen LogP contribution in [0.5, 0.6) is 0 Å². The molecule has 3 aromatic carbocycles. The van der Waals surface area contributed by atoms with E-state index in [9.17, 15) is 27.9 Å². The van der Waals surface area contributed by atoms with Crippen LogP contribution in [0.15, 0.2) is 66.7 Å². The summed E-state index contributed by atoms with van der Waals surface area (Å²) in [6.45, 7) is 0. The molecule has 1 aliphatic rings. The normalized spacial score (nSPS) is 13.6. The molecule has 0 aromatic heterocycles. The van der Waals surface area contributed by atoms with Crippen molar-refractivity contribution in [2.75, 3.05) is 7.11 Å². The molecule has 0 saturated carbocycles. The zero-order chi connectivity index (χ0) is 25.3. The van der Waals surface area contributed by atoms with E-state index in [1.165, 1.54) is 24.1 Å². The van der Waals surface area contributed by atoms with Crippen molar-refractivity contribution in [3.63, 3.8) is 0 Å². The van der Waals surface area contributed by atoms with Gasteiger partial charge >= 0.3 is 18.2 Å². The lowest BCUT2D eigenvalue weighted by molar-refractivity contribution is -0.143. The predicted molar refractivity (Wildman–Crippen MR) is 124 cm³/mol. The quantitative estimate of drug-likeness (QED) is 0.412. The number of aryl methyl sites for hydroxylation is 1. The number of alkyl halides is 3. The summed E-state index contributed by atoms with van der Waals surface area (Å²) >= 11 is 5.82. The minimum atomic E-state index is -4.59. The Morgan fingerprint density at radius 2 is 1.60 bits per heavy atom. The van der Waals surface area contributed by atoms with Gasteiger partial charge in [0.25, 0.3) is 0 Å². The lowest BCUT2D eigenvalue weighted by atomic mass is 9.98. The number of hydrogen-bond acceptors (Lipinski definition) is 3. The van der Waals surface area contributed by atoms with Gasteiger partial charge in [-0.2, -0.15) is 13.2 Å². The lowest BCUT2D eigenvalue weighted by Gasteiger charge is -2.34. The van der Waals surface area contributed by atoms with E-state index in [2.05, 4.69) is 0 Å². The Balaban J connectivity index is 1.70. The van der Waals surface area contributed by atoms with Crippen LogP contribution in [0.4, 0.5) is 18.0 Å². The number of carboxylic acid groups (broad SMARTS) is 1. The monoisotopic (exact) mass is 503 g/mol. The highest BCUT2D eigenvalue weighted by Gasteiger charge is 2.42. The molecule has 0 fully saturated rings. The molecule has 0 bridgehead atoms. The molecule has 1 atom stereocenters. The number of carbonyl (C=O) groups is 2. The van der Waals surface area contributed by atoms with Gasteiger partial charge in [-0.3, -0.25) is 4.90 Å². The number of aliphatic carboxylic acids is 1. The number of fused-ring (bicyclic) bond motifs is 3. The van der Waals surface area contributed by atoms with Crippen molar-refractivity contribution in [1.82, 2.24) is 4.90 Å². The maximum absolute atomic E-state index is 13.0. The minimum Gasteiger partial charge on any atom is -0.480 e. The summed E-state index contributed by atoms with van der Waals surface area (Å²) in [5, 5.41) is 9.64. The van der Waals surface area contributed by atoms with Crippen LogP contribution in [-0.2, 0) is 22.1 Å². The number of amides is 1. The Hall–Kier alpha value is -3.52. The van der Waals surface area contributed by atoms with Crippen molar-refractivity contribution in [3.05, 3.63) is 94.0 Å². The maximum atomic E-state index is 13.0. The Kier molecular flexibility index (Phi) is 6.76. The van der Waals surface area contributed by atoms with Crippen molar-refractivity contribution in [1.29, 1.82) is 0 Å². The van der Waals surface area contributed by atoms with Crippen LogP contribution in [0.2, 0.25) is 5.02 Å². The second-order valence-corrected chi connectivity index (χ2v) is 8.57. The van der Waals surface area contributed by atoms with Crippen LogP contribution < -0.4 is 0 Å². The summed E-state index contributed by atoms with van der Waals surface area (Å²) in [5.41, 5.74) is 2.77. The average Bonchev–Trinajstić information content (AvgIpc) is 3.14. The van der Waals surface area contributed by atoms with Crippen LogP contribution in [0.1, 0.15) is 34.7 Å².